The molecule has 20 heavy (non-hydrogen) atoms. The largest absolute Gasteiger partial charge is 0.495 e. The zero-order valence-electron chi connectivity index (χ0n) is 13.2. The van der Waals surface area contributed by atoms with Crippen LogP contribution in [0.4, 0.5) is 0 Å². The highest BCUT2D eigenvalue weighted by Crippen LogP contribution is 2.37. The van der Waals surface area contributed by atoms with Gasteiger partial charge >= 0.3 is 0 Å². The van der Waals surface area contributed by atoms with E-state index in [1.54, 1.807) is 14.2 Å². The van der Waals surface area contributed by atoms with E-state index in [-0.39, 0.29) is 5.54 Å². The predicted octanol–water partition coefficient (Wildman–Crippen LogP) is 4.18. The molecule has 0 aliphatic heterocycles. The van der Waals surface area contributed by atoms with Crippen molar-refractivity contribution in [2.24, 2.45) is 0 Å². The summed E-state index contributed by atoms with van der Waals surface area (Å²) in [4.78, 5) is 0. The van der Waals surface area contributed by atoms with Crippen LogP contribution in [0.5, 0.6) is 11.5 Å². The van der Waals surface area contributed by atoms with Crippen molar-refractivity contribution in [3.05, 3.63) is 22.2 Å². The van der Waals surface area contributed by atoms with Crippen molar-refractivity contribution in [1.29, 1.82) is 0 Å². The van der Waals surface area contributed by atoms with Crippen molar-refractivity contribution in [2.75, 3.05) is 20.8 Å². The average molecular weight is 344 g/mol. The third-order valence-corrected chi connectivity index (χ3v) is 3.85. The van der Waals surface area contributed by atoms with E-state index in [9.17, 15) is 0 Å². The maximum atomic E-state index is 5.49. The number of halogens is 1. The van der Waals surface area contributed by atoms with Crippen molar-refractivity contribution < 1.29 is 9.47 Å². The van der Waals surface area contributed by atoms with E-state index < -0.39 is 0 Å². The lowest BCUT2D eigenvalue weighted by Crippen LogP contribution is -2.36. The number of rotatable bonds is 7. The fourth-order valence-corrected chi connectivity index (χ4v) is 2.77. The third-order valence-electron chi connectivity index (χ3n) is 3.10. The van der Waals surface area contributed by atoms with E-state index in [1.165, 1.54) is 5.56 Å². The monoisotopic (exact) mass is 343 g/mol. The molecule has 1 aromatic rings. The van der Waals surface area contributed by atoms with Crippen molar-refractivity contribution in [3.63, 3.8) is 0 Å². The maximum absolute atomic E-state index is 5.49. The Labute approximate surface area is 131 Å². The van der Waals surface area contributed by atoms with Gasteiger partial charge in [0.05, 0.1) is 14.2 Å². The molecule has 3 nitrogen and oxygen atoms in total. The molecule has 4 heteroatoms. The smallest absolute Gasteiger partial charge is 0.139 e. The number of hydrogen-bond acceptors (Lipinski definition) is 3. The van der Waals surface area contributed by atoms with Gasteiger partial charge in [0.2, 0.25) is 0 Å². The molecule has 0 spiro atoms. The summed E-state index contributed by atoms with van der Waals surface area (Å²) in [5.41, 5.74) is 1.41. The Balaban J connectivity index is 2.54. The molecule has 0 fully saturated rings. The van der Waals surface area contributed by atoms with Gasteiger partial charge in [-0.3, -0.25) is 0 Å². The molecule has 0 radical (unpaired) electrons. The van der Waals surface area contributed by atoms with Crippen LogP contribution in [-0.2, 0) is 6.42 Å². The van der Waals surface area contributed by atoms with Crippen LogP contribution in [0.25, 0.3) is 0 Å². The minimum Gasteiger partial charge on any atom is -0.495 e. The van der Waals surface area contributed by atoms with Crippen LogP contribution in [-0.4, -0.2) is 26.3 Å². The minimum absolute atomic E-state index is 0.195. The standard InChI is InChI=1S/C16H26BrNO2/c1-16(2,3)18-11-7-6-8-12-9-10-13(19-4)14(17)15(12)20-5/h9-10,18H,6-8,11H2,1-5H3. The van der Waals surface area contributed by atoms with Gasteiger partial charge in [-0.2, -0.15) is 0 Å². The molecule has 0 saturated carbocycles. The van der Waals surface area contributed by atoms with Crippen LogP contribution < -0.4 is 14.8 Å². The van der Waals surface area contributed by atoms with Gasteiger partial charge in [0.15, 0.2) is 0 Å². The zero-order chi connectivity index (χ0) is 15.2. The number of hydrogen-bond donors (Lipinski definition) is 1. The fourth-order valence-electron chi connectivity index (χ4n) is 2.06. The molecule has 0 unspecified atom stereocenters. The summed E-state index contributed by atoms with van der Waals surface area (Å²) in [7, 11) is 3.36. The number of benzene rings is 1. The van der Waals surface area contributed by atoms with Crippen LogP contribution in [0.3, 0.4) is 0 Å². The summed E-state index contributed by atoms with van der Waals surface area (Å²) in [6.45, 7) is 7.62. The summed E-state index contributed by atoms with van der Waals surface area (Å²) in [5.74, 6) is 1.69. The molecule has 0 heterocycles. The molecule has 0 saturated heterocycles. The van der Waals surface area contributed by atoms with E-state index in [0.29, 0.717) is 0 Å². The number of unbranched alkanes of at least 4 members (excludes halogenated alkanes) is 1. The Kier molecular flexibility index (Phi) is 6.83. The van der Waals surface area contributed by atoms with Crippen LogP contribution in [0.15, 0.2) is 16.6 Å². The molecule has 0 bridgehead atoms. The molecular weight excluding hydrogens is 318 g/mol. The van der Waals surface area contributed by atoms with E-state index in [2.05, 4.69) is 48.1 Å². The Morgan fingerprint density at radius 3 is 2.35 bits per heavy atom. The summed E-state index contributed by atoms with van der Waals surface area (Å²) in [5, 5.41) is 3.51. The first-order valence-electron chi connectivity index (χ1n) is 7.03. The van der Waals surface area contributed by atoms with Crippen molar-refractivity contribution >= 4 is 15.9 Å². The summed E-state index contributed by atoms with van der Waals surface area (Å²) in [6.07, 6.45) is 3.31. The molecule has 1 N–H and O–H groups in total. The SMILES string of the molecule is COc1ccc(CCCCNC(C)(C)C)c(OC)c1Br. The Hall–Kier alpha value is -0.740. The van der Waals surface area contributed by atoms with Gasteiger partial charge in [-0.25, -0.2) is 0 Å². The molecule has 0 aliphatic carbocycles. The predicted molar refractivity (Wildman–Crippen MR) is 87.9 cm³/mol. The fraction of sp³-hybridized carbons (Fsp3) is 0.625. The normalized spacial score (nSPS) is 11.5. The molecule has 1 rings (SSSR count). The van der Waals surface area contributed by atoms with Crippen LogP contribution in [0.2, 0.25) is 0 Å². The van der Waals surface area contributed by atoms with Crippen molar-refractivity contribution in [3.8, 4) is 11.5 Å². The van der Waals surface area contributed by atoms with Gasteiger partial charge in [0.1, 0.15) is 16.0 Å². The molecular formula is C16H26BrNO2. The van der Waals surface area contributed by atoms with Gasteiger partial charge in [-0.1, -0.05) is 6.07 Å². The summed E-state index contributed by atoms with van der Waals surface area (Å²) < 4.78 is 11.7. The van der Waals surface area contributed by atoms with Gasteiger partial charge < -0.3 is 14.8 Å². The quantitative estimate of drug-likeness (QED) is 0.753. The second-order valence-corrected chi connectivity index (χ2v) is 6.70. The van der Waals surface area contributed by atoms with Crippen LogP contribution in [0.1, 0.15) is 39.2 Å². The second-order valence-electron chi connectivity index (χ2n) is 5.91. The lowest BCUT2D eigenvalue weighted by atomic mass is 10.1. The molecule has 1 aromatic carbocycles. The van der Waals surface area contributed by atoms with E-state index >= 15 is 0 Å². The number of nitrogens with one attached hydrogen (secondary N) is 1. The highest BCUT2D eigenvalue weighted by atomic mass is 79.9. The lowest BCUT2D eigenvalue weighted by Gasteiger charge is -2.20. The molecule has 0 atom stereocenters. The average Bonchev–Trinajstić information content (AvgIpc) is 2.37. The van der Waals surface area contributed by atoms with Gasteiger partial charge in [0.25, 0.3) is 0 Å². The van der Waals surface area contributed by atoms with E-state index in [0.717, 1.165) is 41.8 Å². The topological polar surface area (TPSA) is 30.5 Å². The maximum Gasteiger partial charge on any atom is 0.139 e. The highest BCUT2D eigenvalue weighted by molar-refractivity contribution is 9.10. The molecule has 0 amide bonds. The Morgan fingerprint density at radius 2 is 1.80 bits per heavy atom. The second kappa shape index (κ2) is 7.89. The first-order valence-corrected chi connectivity index (χ1v) is 7.82. The first-order chi connectivity index (χ1) is 9.39. The number of aryl methyl sites for hydroxylation is 1. The number of methoxy groups -OCH3 is 2. The molecule has 0 aliphatic rings. The Morgan fingerprint density at radius 1 is 1.10 bits per heavy atom. The van der Waals surface area contributed by atoms with E-state index in [4.69, 9.17) is 9.47 Å². The first kappa shape index (κ1) is 17.3. The summed E-state index contributed by atoms with van der Waals surface area (Å²) in [6, 6.07) is 4.06. The molecule has 114 valence electrons. The molecule has 0 aromatic heterocycles. The number of ether oxygens (including phenoxy) is 2. The summed E-state index contributed by atoms with van der Waals surface area (Å²) >= 11 is 3.54. The van der Waals surface area contributed by atoms with E-state index in [1.807, 2.05) is 6.07 Å². The van der Waals surface area contributed by atoms with Crippen molar-refractivity contribution in [1.82, 2.24) is 5.32 Å². The van der Waals surface area contributed by atoms with Gasteiger partial charge in [-0.15, -0.1) is 0 Å². The van der Waals surface area contributed by atoms with Crippen LogP contribution >= 0.6 is 15.9 Å². The minimum atomic E-state index is 0.195. The zero-order valence-corrected chi connectivity index (χ0v) is 14.8. The highest BCUT2D eigenvalue weighted by Gasteiger charge is 2.12. The van der Waals surface area contributed by atoms with Crippen molar-refractivity contribution in [2.45, 2.75) is 45.6 Å². The van der Waals surface area contributed by atoms with Gasteiger partial charge in [0, 0.05) is 5.54 Å². The lowest BCUT2D eigenvalue weighted by molar-refractivity contribution is 0.385. The Bertz CT molecular complexity index is 427. The van der Waals surface area contributed by atoms with Gasteiger partial charge in [-0.05, 0) is 74.1 Å². The third kappa shape index (κ3) is 5.33. The van der Waals surface area contributed by atoms with Crippen LogP contribution in [0, 0.1) is 0 Å².